The van der Waals surface area contributed by atoms with Crippen molar-refractivity contribution in [1.82, 2.24) is 14.9 Å². The summed E-state index contributed by atoms with van der Waals surface area (Å²) in [5.74, 6) is 1.83. The van der Waals surface area contributed by atoms with Crippen molar-refractivity contribution in [3.63, 3.8) is 0 Å². The monoisotopic (exact) mass is 371 g/mol. The van der Waals surface area contributed by atoms with Crippen LogP contribution in [0.3, 0.4) is 0 Å². The summed E-state index contributed by atoms with van der Waals surface area (Å²) in [5.41, 5.74) is 4.73. The summed E-state index contributed by atoms with van der Waals surface area (Å²) >= 11 is 0. The van der Waals surface area contributed by atoms with E-state index in [1.165, 1.54) is 11.3 Å². The molecule has 0 amide bonds. The van der Waals surface area contributed by atoms with Crippen LogP contribution in [0.2, 0.25) is 0 Å². The SMILES string of the molecule is CN1CCN(c2cc(-c3ccccc3)nc(N3CCc4ccccc43)n2)CC1. The molecule has 0 bridgehead atoms. The van der Waals surface area contributed by atoms with E-state index in [0.29, 0.717) is 0 Å². The van der Waals surface area contributed by atoms with Gasteiger partial charge in [-0.05, 0) is 25.1 Å². The zero-order valence-electron chi connectivity index (χ0n) is 16.3. The summed E-state index contributed by atoms with van der Waals surface area (Å²) in [5, 5.41) is 0. The van der Waals surface area contributed by atoms with Gasteiger partial charge in [-0.3, -0.25) is 0 Å². The highest BCUT2D eigenvalue weighted by atomic mass is 15.3. The van der Waals surface area contributed by atoms with E-state index in [2.05, 4.69) is 76.3 Å². The van der Waals surface area contributed by atoms with Gasteiger partial charge in [-0.25, -0.2) is 4.98 Å². The van der Waals surface area contributed by atoms with E-state index >= 15 is 0 Å². The number of hydrogen-bond donors (Lipinski definition) is 0. The Kier molecular flexibility index (Phi) is 4.45. The first-order chi connectivity index (χ1) is 13.8. The van der Waals surface area contributed by atoms with Gasteiger partial charge in [-0.1, -0.05) is 48.5 Å². The summed E-state index contributed by atoms with van der Waals surface area (Å²) in [6.07, 6.45) is 1.04. The maximum atomic E-state index is 5.01. The van der Waals surface area contributed by atoms with Gasteiger partial charge in [0, 0.05) is 50.0 Å². The van der Waals surface area contributed by atoms with E-state index in [9.17, 15) is 0 Å². The topological polar surface area (TPSA) is 35.5 Å². The highest BCUT2D eigenvalue weighted by Gasteiger charge is 2.24. The summed E-state index contributed by atoms with van der Waals surface area (Å²) in [4.78, 5) is 17.0. The molecule has 5 rings (SSSR count). The minimum absolute atomic E-state index is 0.806. The van der Waals surface area contributed by atoms with Crippen molar-refractivity contribution in [3.8, 4) is 11.3 Å². The molecule has 0 radical (unpaired) electrons. The number of para-hydroxylation sites is 1. The minimum atomic E-state index is 0.806. The van der Waals surface area contributed by atoms with Crippen LogP contribution in [0, 0.1) is 0 Å². The summed E-state index contributed by atoms with van der Waals surface area (Å²) < 4.78 is 0. The fourth-order valence-corrected chi connectivity index (χ4v) is 4.04. The molecule has 1 fully saturated rings. The number of fused-ring (bicyclic) bond motifs is 1. The average Bonchev–Trinajstić information content (AvgIpc) is 3.19. The van der Waals surface area contributed by atoms with Crippen molar-refractivity contribution in [1.29, 1.82) is 0 Å². The lowest BCUT2D eigenvalue weighted by molar-refractivity contribution is 0.312. The lowest BCUT2D eigenvalue weighted by Crippen LogP contribution is -2.45. The van der Waals surface area contributed by atoms with Gasteiger partial charge in [0.1, 0.15) is 5.82 Å². The molecule has 0 unspecified atom stereocenters. The fourth-order valence-electron chi connectivity index (χ4n) is 4.04. The van der Waals surface area contributed by atoms with Crippen molar-refractivity contribution in [2.24, 2.45) is 0 Å². The molecule has 0 N–H and O–H groups in total. The first-order valence-corrected chi connectivity index (χ1v) is 10.0. The molecule has 5 heteroatoms. The third-order valence-corrected chi connectivity index (χ3v) is 5.73. The van der Waals surface area contributed by atoms with Crippen LogP contribution in [0.15, 0.2) is 60.7 Å². The van der Waals surface area contributed by atoms with E-state index in [4.69, 9.17) is 9.97 Å². The van der Waals surface area contributed by atoms with Gasteiger partial charge in [-0.2, -0.15) is 4.98 Å². The molecular weight excluding hydrogens is 346 g/mol. The van der Waals surface area contributed by atoms with E-state index in [0.717, 1.165) is 62.2 Å². The standard InChI is InChI=1S/C23H25N5/c1-26-13-15-27(16-14-26)22-17-20(18-7-3-2-4-8-18)24-23(25-22)28-12-11-19-9-5-6-10-21(19)28/h2-10,17H,11-16H2,1H3. The van der Waals surface area contributed by atoms with Crippen molar-refractivity contribution in [2.75, 3.05) is 49.6 Å². The van der Waals surface area contributed by atoms with Crippen molar-refractivity contribution in [2.45, 2.75) is 6.42 Å². The Balaban J connectivity index is 1.58. The van der Waals surface area contributed by atoms with Crippen LogP contribution in [0.25, 0.3) is 11.3 Å². The number of piperazine rings is 1. The molecule has 0 atom stereocenters. The van der Waals surface area contributed by atoms with E-state index in [1.54, 1.807) is 0 Å². The third-order valence-electron chi connectivity index (χ3n) is 5.73. The normalized spacial score (nSPS) is 17.0. The van der Waals surface area contributed by atoms with Gasteiger partial charge in [-0.15, -0.1) is 0 Å². The number of anilines is 3. The number of hydrogen-bond acceptors (Lipinski definition) is 5. The highest BCUT2D eigenvalue weighted by Crippen LogP contribution is 2.34. The number of rotatable bonds is 3. The van der Waals surface area contributed by atoms with Crippen LogP contribution in [-0.4, -0.2) is 54.6 Å². The molecule has 0 aliphatic carbocycles. The maximum absolute atomic E-state index is 5.01. The van der Waals surface area contributed by atoms with E-state index < -0.39 is 0 Å². The Morgan fingerprint density at radius 1 is 0.786 bits per heavy atom. The predicted molar refractivity (Wildman–Crippen MR) is 114 cm³/mol. The zero-order valence-corrected chi connectivity index (χ0v) is 16.3. The Morgan fingerprint density at radius 3 is 2.36 bits per heavy atom. The Hall–Kier alpha value is -2.92. The van der Waals surface area contributed by atoms with Crippen molar-refractivity contribution >= 4 is 17.5 Å². The van der Waals surface area contributed by atoms with Crippen molar-refractivity contribution < 1.29 is 0 Å². The smallest absolute Gasteiger partial charge is 0.232 e. The Labute approximate surface area is 166 Å². The molecule has 2 aromatic carbocycles. The van der Waals surface area contributed by atoms with Crippen LogP contribution < -0.4 is 9.80 Å². The lowest BCUT2D eigenvalue weighted by Gasteiger charge is -2.33. The Morgan fingerprint density at radius 2 is 1.54 bits per heavy atom. The Bertz CT molecular complexity index is 964. The summed E-state index contributed by atoms with van der Waals surface area (Å²) in [7, 11) is 2.18. The third kappa shape index (κ3) is 3.22. The van der Waals surface area contributed by atoms with Gasteiger partial charge in [0.2, 0.25) is 5.95 Å². The molecule has 0 spiro atoms. The van der Waals surface area contributed by atoms with Crippen LogP contribution >= 0.6 is 0 Å². The molecule has 2 aliphatic heterocycles. The van der Waals surface area contributed by atoms with E-state index in [-0.39, 0.29) is 0 Å². The highest BCUT2D eigenvalue weighted by molar-refractivity contribution is 5.70. The molecular formula is C23H25N5. The second-order valence-electron chi connectivity index (χ2n) is 7.60. The minimum Gasteiger partial charge on any atom is -0.354 e. The summed E-state index contributed by atoms with van der Waals surface area (Å²) in [6, 6.07) is 21.2. The van der Waals surface area contributed by atoms with Crippen LogP contribution in [0.5, 0.6) is 0 Å². The molecule has 3 aromatic rings. The largest absolute Gasteiger partial charge is 0.354 e. The van der Waals surface area contributed by atoms with E-state index in [1.807, 2.05) is 6.07 Å². The van der Waals surface area contributed by atoms with Gasteiger partial charge < -0.3 is 14.7 Å². The van der Waals surface area contributed by atoms with Gasteiger partial charge in [0.05, 0.1) is 5.69 Å². The first-order valence-electron chi connectivity index (χ1n) is 10.0. The molecule has 2 aliphatic rings. The number of nitrogens with zero attached hydrogens (tertiary/aromatic N) is 5. The molecule has 28 heavy (non-hydrogen) atoms. The molecule has 1 saturated heterocycles. The van der Waals surface area contributed by atoms with Gasteiger partial charge >= 0.3 is 0 Å². The second kappa shape index (κ2) is 7.24. The van der Waals surface area contributed by atoms with Crippen LogP contribution in [0.1, 0.15) is 5.56 Å². The molecule has 3 heterocycles. The molecule has 0 saturated carbocycles. The van der Waals surface area contributed by atoms with Crippen LogP contribution in [-0.2, 0) is 6.42 Å². The first kappa shape index (κ1) is 17.2. The summed E-state index contributed by atoms with van der Waals surface area (Å²) in [6.45, 7) is 5.05. The molecule has 5 nitrogen and oxygen atoms in total. The predicted octanol–water partition coefficient (Wildman–Crippen LogP) is 3.59. The molecule has 1 aromatic heterocycles. The fraction of sp³-hybridized carbons (Fsp3) is 0.304. The second-order valence-corrected chi connectivity index (χ2v) is 7.60. The van der Waals surface area contributed by atoms with Gasteiger partial charge in [0.15, 0.2) is 0 Å². The van der Waals surface area contributed by atoms with Crippen LogP contribution in [0.4, 0.5) is 17.5 Å². The molecule has 142 valence electrons. The number of aromatic nitrogens is 2. The maximum Gasteiger partial charge on any atom is 0.232 e. The number of benzene rings is 2. The van der Waals surface area contributed by atoms with Crippen molar-refractivity contribution in [3.05, 3.63) is 66.2 Å². The average molecular weight is 371 g/mol. The zero-order chi connectivity index (χ0) is 18.9. The quantitative estimate of drug-likeness (QED) is 0.703. The lowest BCUT2D eigenvalue weighted by atomic mass is 10.1. The number of likely N-dealkylation sites (N-methyl/N-ethyl adjacent to an activating group) is 1. The van der Waals surface area contributed by atoms with Gasteiger partial charge in [0.25, 0.3) is 0 Å².